The Morgan fingerprint density at radius 1 is 1.33 bits per heavy atom. The van der Waals surface area contributed by atoms with Gasteiger partial charge in [0.2, 0.25) is 5.91 Å². The van der Waals surface area contributed by atoms with E-state index in [0.29, 0.717) is 13.0 Å². The van der Waals surface area contributed by atoms with Gasteiger partial charge in [0.1, 0.15) is 6.04 Å². The van der Waals surface area contributed by atoms with Crippen molar-refractivity contribution >= 4 is 17.8 Å². The number of furan rings is 1. The van der Waals surface area contributed by atoms with Gasteiger partial charge in [0.15, 0.2) is 5.76 Å². The van der Waals surface area contributed by atoms with E-state index in [-0.39, 0.29) is 30.0 Å². The Balaban J connectivity index is 2.10. The molecule has 1 fully saturated rings. The lowest BCUT2D eigenvalue weighted by atomic mass is 9.89. The molecule has 0 aliphatic carbocycles. The summed E-state index contributed by atoms with van der Waals surface area (Å²) in [5, 5.41) is 12.0. The molecule has 3 atom stereocenters. The van der Waals surface area contributed by atoms with Crippen LogP contribution in [0.4, 0.5) is 0 Å². The van der Waals surface area contributed by atoms with Crippen LogP contribution in [0.5, 0.6) is 0 Å². The Labute approximate surface area is 141 Å². The fraction of sp³-hybridized carbons (Fsp3) is 0.588. The highest BCUT2D eigenvalue weighted by Gasteiger charge is 2.36. The van der Waals surface area contributed by atoms with Crippen molar-refractivity contribution < 1.29 is 23.9 Å². The minimum Gasteiger partial charge on any atom is -0.481 e. The van der Waals surface area contributed by atoms with Gasteiger partial charge in [-0.05, 0) is 30.4 Å². The molecule has 1 aliphatic heterocycles. The summed E-state index contributed by atoms with van der Waals surface area (Å²) in [6, 6.07) is 2.41. The van der Waals surface area contributed by atoms with Gasteiger partial charge >= 0.3 is 5.97 Å². The predicted molar refractivity (Wildman–Crippen MR) is 86.3 cm³/mol. The summed E-state index contributed by atoms with van der Waals surface area (Å²) in [6.45, 7) is 6.29. The van der Waals surface area contributed by atoms with Crippen LogP contribution in [0.15, 0.2) is 22.8 Å². The van der Waals surface area contributed by atoms with E-state index >= 15 is 0 Å². The van der Waals surface area contributed by atoms with Crippen LogP contribution >= 0.6 is 0 Å². The zero-order valence-corrected chi connectivity index (χ0v) is 14.2. The van der Waals surface area contributed by atoms with Gasteiger partial charge in [0.25, 0.3) is 5.91 Å². The number of aliphatic carboxylic acids is 1. The fourth-order valence-electron chi connectivity index (χ4n) is 3.04. The maximum Gasteiger partial charge on any atom is 0.308 e. The van der Waals surface area contributed by atoms with Crippen LogP contribution in [0, 0.1) is 17.8 Å². The molecular weight excluding hydrogens is 312 g/mol. The summed E-state index contributed by atoms with van der Waals surface area (Å²) in [7, 11) is 0. The van der Waals surface area contributed by atoms with E-state index in [1.54, 1.807) is 11.0 Å². The minimum atomic E-state index is -0.889. The van der Waals surface area contributed by atoms with Crippen LogP contribution in [-0.2, 0) is 9.59 Å². The molecular formula is C17H24N2O5. The SMILES string of the molecule is CC1CC(C(=O)O)CN(C(=O)C(NC(=O)c2ccco2)C(C)C)C1. The highest BCUT2D eigenvalue weighted by Crippen LogP contribution is 2.23. The number of rotatable bonds is 5. The van der Waals surface area contributed by atoms with E-state index in [2.05, 4.69) is 5.32 Å². The first-order valence-corrected chi connectivity index (χ1v) is 8.15. The number of hydrogen-bond donors (Lipinski definition) is 2. The Hall–Kier alpha value is -2.31. The second-order valence-electron chi connectivity index (χ2n) is 6.79. The Kier molecular flexibility index (Phi) is 5.64. The monoisotopic (exact) mass is 336 g/mol. The maximum absolute atomic E-state index is 12.8. The van der Waals surface area contributed by atoms with Crippen molar-refractivity contribution in [3.05, 3.63) is 24.2 Å². The zero-order chi connectivity index (χ0) is 17.9. The highest BCUT2D eigenvalue weighted by atomic mass is 16.4. The van der Waals surface area contributed by atoms with Crippen molar-refractivity contribution in [1.29, 1.82) is 0 Å². The third-order valence-corrected chi connectivity index (χ3v) is 4.28. The van der Waals surface area contributed by atoms with Gasteiger partial charge in [0.05, 0.1) is 12.2 Å². The third kappa shape index (κ3) is 4.15. The molecule has 2 heterocycles. The van der Waals surface area contributed by atoms with E-state index in [0.717, 1.165) is 0 Å². The van der Waals surface area contributed by atoms with E-state index in [9.17, 15) is 19.5 Å². The van der Waals surface area contributed by atoms with E-state index in [1.165, 1.54) is 12.3 Å². The lowest BCUT2D eigenvalue weighted by Gasteiger charge is -2.37. The minimum absolute atomic E-state index is 0.109. The van der Waals surface area contributed by atoms with Crippen LogP contribution in [0.2, 0.25) is 0 Å². The zero-order valence-electron chi connectivity index (χ0n) is 14.2. The van der Waals surface area contributed by atoms with Gasteiger partial charge < -0.3 is 19.7 Å². The molecule has 2 amide bonds. The third-order valence-electron chi connectivity index (χ3n) is 4.28. The summed E-state index contributed by atoms with van der Waals surface area (Å²) in [4.78, 5) is 37.9. The molecule has 7 heteroatoms. The second-order valence-corrected chi connectivity index (χ2v) is 6.79. The Morgan fingerprint density at radius 3 is 2.58 bits per heavy atom. The average molecular weight is 336 g/mol. The van der Waals surface area contributed by atoms with Crippen LogP contribution < -0.4 is 5.32 Å². The Morgan fingerprint density at radius 2 is 2.04 bits per heavy atom. The molecule has 2 N–H and O–H groups in total. The number of nitrogens with one attached hydrogen (secondary N) is 1. The van der Waals surface area contributed by atoms with Crippen molar-refractivity contribution in [3.63, 3.8) is 0 Å². The summed E-state index contributed by atoms with van der Waals surface area (Å²) in [6.07, 6.45) is 1.95. The van der Waals surface area contributed by atoms with Gasteiger partial charge in [0, 0.05) is 13.1 Å². The number of piperidine rings is 1. The average Bonchev–Trinajstić information content (AvgIpc) is 3.05. The molecule has 0 aromatic carbocycles. The predicted octanol–water partition coefficient (Wildman–Crippen LogP) is 1.60. The molecule has 7 nitrogen and oxygen atoms in total. The molecule has 2 rings (SSSR count). The molecule has 0 saturated carbocycles. The van der Waals surface area contributed by atoms with E-state index in [4.69, 9.17) is 4.42 Å². The number of hydrogen-bond acceptors (Lipinski definition) is 4. The summed E-state index contributed by atoms with van der Waals surface area (Å²) in [5.74, 6) is -2.03. The smallest absolute Gasteiger partial charge is 0.308 e. The van der Waals surface area contributed by atoms with Crippen molar-refractivity contribution in [2.75, 3.05) is 13.1 Å². The van der Waals surface area contributed by atoms with Crippen molar-refractivity contribution in [2.45, 2.75) is 33.2 Å². The first-order chi connectivity index (χ1) is 11.3. The standard InChI is InChI=1S/C17H24N2O5/c1-10(2)14(18-15(20)13-5-4-6-24-13)16(21)19-8-11(3)7-12(9-19)17(22)23/h4-6,10-12,14H,7-9H2,1-3H3,(H,18,20)(H,22,23). The molecule has 1 aromatic heterocycles. The number of carboxylic acid groups (broad SMARTS) is 1. The summed E-state index contributed by atoms with van der Waals surface area (Å²) < 4.78 is 5.05. The summed E-state index contributed by atoms with van der Waals surface area (Å²) >= 11 is 0. The van der Waals surface area contributed by atoms with E-state index in [1.807, 2.05) is 20.8 Å². The number of nitrogens with zero attached hydrogens (tertiary/aromatic N) is 1. The van der Waals surface area contributed by atoms with E-state index < -0.39 is 23.8 Å². The maximum atomic E-state index is 12.8. The molecule has 1 saturated heterocycles. The number of carbonyl (C=O) groups excluding carboxylic acids is 2. The topological polar surface area (TPSA) is 99.9 Å². The van der Waals surface area contributed by atoms with Crippen LogP contribution in [0.1, 0.15) is 37.7 Å². The fourth-order valence-corrected chi connectivity index (χ4v) is 3.04. The van der Waals surface area contributed by atoms with Crippen LogP contribution in [-0.4, -0.2) is 46.9 Å². The number of carbonyl (C=O) groups is 3. The quantitative estimate of drug-likeness (QED) is 0.851. The first-order valence-electron chi connectivity index (χ1n) is 8.15. The number of carboxylic acids is 1. The molecule has 132 valence electrons. The lowest BCUT2D eigenvalue weighted by Crippen LogP contribution is -2.55. The molecule has 0 spiro atoms. The van der Waals surface area contributed by atoms with Crippen molar-refractivity contribution in [3.8, 4) is 0 Å². The molecule has 1 aliphatic rings. The molecule has 1 aromatic rings. The van der Waals surface area contributed by atoms with Gasteiger partial charge in [-0.2, -0.15) is 0 Å². The first kappa shape index (κ1) is 18.0. The highest BCUT2D eigenvalue weighted by molar-refractivity contribution is 5.95. The lowest BCUT2D eigenvalue weighted by molar-refractivity contribution is -0.147. The van der Waals surface area contributed by atoms with Crippen LogP contribution in [0.3, 0.4) is 0 Å². The molecule has 0 bridgehead atoms. The van der Waals surface area contributed by atoms with Crippen molar-refractivity contribution in [1.82, 2.24) is 10.2 Å². The number of likely N-dealkylation sites (tertiary alicyclic amines) is 1. The van der Waals surface area contributed by atoms with Crippen LogP contribution in [0.25, 0.3) is 0 Å². The summed E-state index contributed by atoms with van der Waals surface area (Å²) in [5.41, 5.74) is 0. The van der Waals surface area contributed by atoms with Gasteiger partial charge in [-0.1, -0.05) is 20.8 Å². The van der Waals surface area contributed by atoms with Gasteiger partial charge in [-0.15, -0.1) is 0 Å². The molecule has 0 radical (unpaired) electrons. The number of amides is 2. The van der Waals surface area contributed by atoms with Crippen molar-refractivity contribution in [2.24, 2.45) is 17.8 Å². The van der Waals surface area contributed by atoms with Gasteiger partial charge in [-0.3, -0.25) is 14.4 Å². The molecule has 3 unspecified atom stereocenters. The Bertz CT molecular complexity index is 596. The van der Waals surface area contributed by atoms with Gasteiger partial charge in [-0.25, -0.2) is 0 Å². The largest absolute Gasteiger partial charge is 0.481 e. The molecule has 24 heavy (non-hydrogen) atoms. The second kappa shape index (κ2) is 7.51. The normalized spacial score (nSPS) is 22.2.